The van der Waals surface area contributed by atoms with E-state index in [-0.39, 0.29) is 29.3 Å². The molecule has 4 saturated carbocycles. The predicted octanol–water partition coefficient (Wildman–Crippen LogP) is 6.58. The summed E-state index contributed by atoms with van der Waals surface area (Å²) in [6.07, 6.45) is 9.95. The number of nitrogens with zero attached hydrogens (tertiary/aromatic N) is 1. The molecular formula is C36H48N2O3. The molecule has 0 saturated heterocycles. The molecular weight excluding hydrogens is 508 g/mol. The smallest absolute Gasteiger partial charge is 0.253 e. The molecule has 2 amide bonds. The highest BCUT2D eigenvalue weighted by atomic mass is 16.3. The summed E-state index contributed by atoms with van der Waals surface area (Å²) in [6.45, 7) is 5.19. The van der Waals surface area contributed by atoms with E-state index in [0.717, 1.165) is 37.7 Å². The summed E-state index contributed by atoms with van der Waals surface area (Å²) in [6, 6.07) is 19.5. The zero-order valence-electron chi connectivity index (χ0n) is 25.1. The van der Waals surface area contributed by atoms with E-state index in [1.165, 1.54) is 25.7 Å². The zero-order valence-corrected chi connectivity index (χ0v) is 25.1. The Labute approximate surface area is 246 Å². The summed E-state index contributed by atoms with van der Waals surface area (Å²) >= 11 is 0. The Kier molecular flexibility index (Phi) is 7.78. The Bertz CT molecular complexity index is 1230. The monoisotopic (exact) mass is 556 g/mol. The largest absolute Gasteiger partial charge is 0.393 e. The fourth-order valence-electron chi connectivity index (χ4n) is 10.4. The molecule has 0 spiro atoms. The Morgan fingerprint density at radius 2 is 1.59 bits per heavy atom. The van der Waals surface area contributed by atoms with Crippen molar-refractivity contribution in [3.05, 3.63) is 71.8 Å². The lowest BCUT2D eigenvalue weighted by Gasteiger charge is -2.62. The molecule has 2 aromatic rings. The van der Waals surface area contributed by atoms with Gasteiger partial charge in [-0.1, -0.05) is 43.3 Å². The van der Waals surface area contributed by atoms with Gasteiger partial charge in [-0.25, -0.2) is 0 Å². The second-order valence-corrected chi connectivity index (χ2v) is 14.1. The van der Waals surface area contributed by atoms with E-state index >= 15 is 0 Å². The lowest BCUT2D eigenvalue weighted by Crippen LogP contribution is -2.58. The van der Waals surface area contributed by atoms with Crippen LogP contribution in [0.2, 0.25) is 0 Å². The first-order valence-corrected chi connectivity index (χ1v) is 16.1. The van der Waals surface area contributed by atoms with E-state index < -0.39 is 0 Å². The van der Waals surface area contributed by atoms with E-state index in [4.69, 9.17) is 0 Å². The molecule has 9 atom stereocenters. The molecule has 0 radical (unpaired) electrons. The van der Waals surface area contributed by atoms with Crippen molar-refractivity contribution >= 4 is 11.8 Å². The maximum Gasteiger partial charge on any atom is 0.253 e. The average Bonchev–Trinajstić information content (AvgIpc) is 3.40. The summed E-state index contributed by atoms with van der Waals surface area (Å²) in [5.74, 6) is 2.92. The van der Waals surface area contributed by atoms with Crippen molar-refractivity contribution in [1.82, 2.24) is 10.2 Å². The Morgan fingerprint density at radius 1 is 0.902 bits per heavy atom. The average molecular weight is 557 g/mol. The van der Waals surface area contributed by atoms with Crippen LogP contribution in [0.5, 0.6) is 0 Å². The quantitative estimate of drug-likeness (QED) is 0.422. The van der Waals surface area contributed by atoms with Gasteiger partial charge in [0.1, 0.15) is 0 Å². The first-order valence-electron chi connectivity index (χ1n) is 16.1. The SMILES string of the molecule is CC(O)C1CCC2C3CCC4CC(N(C)C(=O)c5ccccc5)CCC4(C)C3CCC12CNC(=O)c1ccccc1. The summed E-state index contributed by atoms with van der Waals surface area (Å²) in [4.78, 5) is 28.3. The molecule has 0 aromatic heterocycles. The van der Waals surface area contributed by atoms with Crippen LogP contribution >= 0.6 is 0 Å². The number of carbonyl (C=O) groups excluding carboxylic acids is 2. The number of hydrogen-bond acceptors (Lipinski definition) is 3. The highest BCUT2D eigenvalue weighted by Crippen LogP contribution is 2.68. The van der Waals surface area contributed by atoms with Crippen molar-refractivity contribution in [3.63, 3.8) is 0 Å². The first-order chi connectivity index (χ1) is 19.7. The van der Waals surface area contributed by atoms with Gasteiger partial charge < -0.3 is 15.3 Å². The van der Waals surface area contributed by atoms with Gasteiger partial charge in [0.25, 0.3) is 11.8 Å². The van der Waals surface area contributed by atoms with E-state index in [1.54, 1.807) is 0 Å². The number of hydrogen-bond donors (Lipinski definition) is 2. The normalized spacial score (nSPS) is 36.8. The minimum absolute atomic E-state index is 0.000235. The number of rotatable bonds is 6. The number of nitrogens with one attached hydrogen (secondary N) is 1. The van der Waals surface area contributed by atoms with E-state index in [9.17, 15) is 14.7 Å². The van der Waals surface area contributed by atoms with Crippen molar-refractivity contribution in [1.29, 1.82) is 0 Å². The van der Waals surface area contributed by atoms with Gasteiger partial charge in [-0.15, -0.1) is 0 Å². The molecule has 4 aliphatic rings. The molecule has 0 aliphatic heterocycles. The van der Waals surface area contributed by atoms with Crippen molar-refractivity contribution in [2.24, 2.45) is 40.4 Å². The maximum absolute atomic E-state index is 13.2. The predicted molar refractivity (Wildman–Crippen MR) is 162 cm³/mol. The molecule has 0 heterocycles. The Hall–Kier alpha value is -2.66. The number of carbonyl (C=O) groups is 2. The van der Waals surface area contributed by atoms with Crippen LogP contribution in [-0.2, 0) is 0 Å². The lowest BCUT2D eigenvalue weighted by molar-refractivity contribution is -0.128. The summed E-state index contributed by atoms with van der Waals surface area (Å²) in [5.41, 5.74) is 1.77. The van der Waals surface area contributed by atoms with Crippen LogP contribution in [-0.4, -0.2) is 47.6 Å². The highest BCUT2D eigenvalue weighted by molar-refractivity contribution is 5.94. The van der Waals surface area contributed by atoms with Crippen LogP contribution in [0.25, 0.3) is 0 Å². The van der Waals surface area contributed by atoms with Crippen molar-refractivity contribution < 1.29 is 14.7 Å². The van der Waals surface area contributed by atoms with Gasteiger partial charge in [-0.2, -0.15) is 0 Å². The molecule has 2 N–H and O–H groups in total. The van der Waals surface area contributed by atoms with Crippen LogP contribution in [0.4, 0.5) is 0 Å². The minimum atomic E-state index is -0.356. The third-order valence-corrected chi connectivity index (χ3v) is 12.5. The topological polar surface area (TPSA) is 69.6 Å². The molecule has 4 aliphatic carbocycles. The maximum atomic E-state index is 13.2. The van der Waals surface area contributed by atoms with Gasteiger partial charge in [0, 0.05) is 30.8 Å². The van der Waals surface area contributed by atoms with E-state index in [1.807, 2.05) is 79.5 Å². The van der Waals surface area contributed by atoms with Gasteiger partial charge in [-0.3, -0.25) is 9.59 Å². The fourth-order valence-corrected chi connectivity index (χ4v) is 10.4. The highest BCUT2D eigenvalue weighted by Gasteiger charge is 2.62. The molecule has 4 fully saturated rings. The second kappa shape index (κ2) is 11.2. The Morgan fingerprint density at radius 3 is 2.27 bits per heavy atom. The van der Waals surface area contributed by atoms with Crippen LogP contribution in [0.15, 0.2) is 60.7 Å². The van der Waals surface area contributed by atoms with Crippen molar-refractivity contribution in [2.75, 3.05) is 13.6 Å². The molecule has 9 unspecified atom stereocenters. The molecule has 5 nitrogen and oxygen atoms in total. The van der Waals surface area contributed by atoms with Crippen LogP contribution in [0.3, 0.4) is 0 Å². The van der Waals surface area contributed by atoms with E-state index in [2.05, 4.69) is 12.2 Å². The summed E-state index contributed by atoms with van der Waals surface area (Å²) in [5, 5.41) is 14.3. The third kappa shape index (κ3) is 4.92. The number of fused-ring (bicyclic) bond motifs is 5. The van der Waals surface area contributed by atoms with Gasteiger partial charge in [0.15, 0.2) is 0 Å². The second-order valence-electron chi connectivity index (χ2n) is 14.1. The molecule has 2 aromatic carbocycles. The number of aliphatic hydroxyl groups excluding tert-OH is 1. The molecule has 41 heavy (non-hydrogen) atoms. The third-order valence-electron chi connectivity index (χ3n) is 12.5. The van der Waals surface area contributed by atoms with Crippen LogP contribution in [0, 0.1) is 40.4 Å². The first kappa shape index (κ1) is 28.5. The minimum Gasteiger partial charge on any atom is -0.393 e. The van der Waals surface area contributed by atoms with Gasteiger partial charge in [0.2, 0.25) is 0 Å². The van der Waals surface area contributed by atoms with Crippen molar-refractivity contribution in [3.8, 4) is 0 Å². The van der Waals surface area contributed by atoms with Crippen LogP contribution < -0.4 is 5.32 Å². The fraction of sp³-hybridized carbons (Fsp3) is 0.611. The number of amides is 2. The number of benzene rings is 2. The molecule has 5 heteroatoms. The van der Waals surface area contributed by atoms with Gasteiger partial charge in [-0.05, 0) is 129 Å². The molecule has 220 valence electrons. The Balaban J connectivity index is 1.18. The van der Waals surface area contributed by atoms with Crippen molar-refractivity contribution in [2.45, 2.75) is 83.8 Å². The van der Waals surface area contributed by atoms with E-state index in [0.29, 0.717) is 47.2 Å². The molecule has 0 bridgehead atoms. The van der Waals surface area contributed by atoms with Gasteiger partial charge in [0.05, 0.1) is 6.10 Å². The summed E-state index contributed by atoms with van der Waals surface area (Å²) < 4.78 is 0. The number of aliphatic hydroxyl groups is 1. The summed E-state index contributed by atoms with van der Waals surface area (Å²) in [7, 11) is 2.00. The zero-order chi connectivity index (χ0) is 28.8. The lowest BCUT2D eigenvalue weighted by atomic mass is 9.44. The van der Waals surface area contributed by atoms with Gasteiger partial charge >= 0.3 is 0 Å². The standard InChI is InChI=1S/C36H48N2O3/c1-24(39)30-16-17-32-29-15-14-27-22-28(38(3)34(41)26-12-8-5-9-13-26)18-20-35(27,2)31(29)19-21-36(30,32)23-37-33(40)25-10-6-4-7-11-25/h4-13,24,27-32,39H,14-23H2,1-3H3,(H,37,40). The van der Waals surface area contributed by atoms with Crippen LogP contribution in [0.1, 0.15) is 92.4 Å². The molecule has 6 rings (SSSR count).